The van der Waals surface area contributed by atoms with Crippen molar-refractivity contribution in [1.82, 2.24) is 9.97 Å². The first-order valence-electron chi connectivity index (χ1n) is 5.58. The number of nitrogens with two attached hydrogens (primary N) is 1. The average molecular weight is 270 g/mol. The fourth-order valence-corrected chi connectivity index (χ4v) is 1.96. The topological polar surface area (TPSA) is 157 Å². The normalized spacial score (nSPS) is 21.2. The van der Waals surface area contributed by atoms with E-state index >= 15 is 0 Å². The number of aliphatic hydroxyl groups is 2. The molecule has 0 bridgehead atoms. The van der Waals surface area contributed by atoms with Crippen molar-refractivity contribution in [2.75, 3.05) is 22.6 Å². The molecule has 104 valence electrons. The molecule has 0 fully saturated rings. The van der Waals surface area contributed by atoms with Crippen LogP contribution in [0.5, 0.6) is 0 Å². The maximum Gasteiger partial charge on any atom is 0.280 e. The van der Waals surface area contributed by atoms with Gasteiger partial charge in [0.25, 0.3) is 5.56 Å². The van der Waals surface area contributed by atoms with Crippen molar-refractivity contribution in [3.63, 3.8) is 0 Å². The Kier molecular flexibility index (Phi) is 3.36. The molecule has 1 aromatic heterocycles. The van der Waals surface area contributed by atoms with E-state index in [2.05, 4.69) is 20.6 Å². The summed E-state index contributed by atoms with van der Waals surface area (Å²) in [7, 11) is 0. The number of fused-ring (bicyclic) bond motifs is 1. The van der Waals surface area contributed by atoms with E-state index in [-0.39, 0.29) is 24.0 Å². The molecule has 1 aliphatic heterocycles. The highest BCUT2D eigenvalue weighted by atomic mass is 16.3. The van der Waals surface area contributed by atoms with Gasteiger partial charge in [-0.25, -0.2) is 5.01 Å². The highest BCUT2D eigenvalue weighted by Crippen LogP contribution is 2.28. The smallest absolute Gasteiger partial charge is 0.280 e. The summed E-state index contributed by atoms with van der Waals surface area (Å²) in [5.74, 6) is 0.00603. The molecule has 0 aromatic carbocycles. The van der Waals surface area contributed by atoms with Crippen molar-refractivity contribution in [1.29, 1.82) is 0 Å². The highest BCUT2D eigenvalue weighted by Gasteiger charge is 2.37. The number of nitrogens with zero attached hydrogens (tertiary/aromatic N) is 3. The lowest BCUT2D eigenvalue weighted by Crippen LogP contribution is -2.53. The number of nitrogen functional groups attached to an aromatic ring is 1. The van der Waals surface area contributed by atoms with Gasteiger partial charge in [-0.2, -0.15) is 4.98 Å². The van der Waals surface area contributed by atoms with E-state index < -0.39 is 23.8 Å². The Balaban J connectivity index is 2.47. The van der Waals surface area contributed by atoms with Crippen molar-refractivity contribution in [3.8, 4) is 0 Å². The zero-order valence-electron chi connectivity index (χ0n) is 10.1. The number of aromatic nitrogens is 2. The van der Waals surface area contributed by atoms with Gasteiger partial charge in [0.15, 0.2) is 11.5 Å². The third-order valence-electron chi connectivity index (χ3n) is 2.91. The molecular weight excluding hydrogens is 256 g/mol. The fraction of sp³-hybridized carbons (Fsp3) is 0.556. The maximum atomic E-state index is 11.8. The number of nitrogens with one attached hydrogen (secondary N) is 2. The van der Waals surface area contributed by atoms with E-state index in [1.165, 1.54) is 6.92 Å². The van der Waals surface area contributed by atoms with Crippen LogP contribution in [0.3, 0.4) is 0 Å². The van der Waals surface area contributed by atoms with Gasteiger partial charge in [-0.15, -0.1) is 4.91 Å². The van der Waals surface area contributed by atoms with Crippen molar-refractivity contribution in [2.24, 2.45) is 5.29 Å². The molecular formula is C9H14N6O4. The summed E-state index contributed by atoms with van der Waals surface area (Å²) < 4.78 is 0. The van der Waals surface area contributed by atoms with E-state index in [4.69, 9.17) is 5.73 Å². The average Bonchev–Trinajstić information content (AvgIpc) is 2.36. The molecule has 0 saturated carbocycles. The molecule has 2 heterocycles. The van der Waals surface area contributed by atoms with Crippen LogP contribution in [-0.4, -0.2) is 45.0 Å². The molecule has 3 atom stereocenters. The lowest BCUT2D eigenvalue weighted by atomic mass is 10.0. The van der Waals surface area contributed by atoms with Gasteiger partial charge in [0.1, 0.15) is 12.1 Å². The molecule has 0 saturated heterocycles. The van der Waals surface area contributed by atoms with Gasteiger partial charge in [-0.3, -0.25) is 9.78 Å². The first-order valence-corrected chi connectivity index (χ1v) is 5.58. The predicted molar refractivity (Wildman–Crippen MR) is 67.5 cm³/mol. The SMILES string of the molecule is C[C@H](O)[C@H](O)[C@H]1CNc2nc(N)[nH]c(=O)c2N1N=O. The first kappa shape index (κ1) is 13.2. The number of anilines is 3. The minimum Gasteiger partial charge on any atom is -0.391 e. The Morgan fingerprint density at radius 1 is 1.58 bits per heavy atom. The monoisotopic (exact) mass is 270 g/mol. The standard InChI is InChI=1S/C9H14N6O4/c1-3(16)6(17)4-2-11-7-5(15(4)14-19)8(18)13-9(10)12-7/h3-4,6,16-17H,2H2,1H3,(H4,10,11,12,13,18)/t3-,4+,6-/m0/s1. The van der Waals surface area contributed by atoms with Gasteiger partial charge >= 0.3 is 0 Å². The zero-order chi connectivity index (χ0) is 14.2. The lowest BCUT2D eigenvalue weighted by molar-refractivity contribution is 0.0152. The molecule has 0 spiro atoms. The second kappa shape index (κ2) is 4.82. The Labute approximate surface area is 107 Å². The van der Waals surface area contributed by atoms with E-state index in [1.54, 1.807) is 0 Å². The lowest BCUT2D eigenvalue weighted by Gasteiger charge is -2.35. The molecule has 0 radical (unpaired) electrons. The van der Waals surface area contributed by atoms with Crippen LogP contribution in [-0.2, 0) is 0 Å². The van der Waals surface area contributed by atoms with Gasteiger partial charge in [-0.05, 0) is 6.92 Å². The van der Waals surface area contributed by atoms with Crippen LogP contribution in [0.4, 0.5) is 17.5 Å². The number of aliphatic hydroxyl groups excluding tert-OH is 2. The minimum absolute atomic E-state index is 0.0840. The fourth-order valence-electron chi connectivity index (χ4n) is 1.96. The third kappa shape index (κ3) is 2.22. The summed E-state index contributed by atoms with van der Waals surface area (Å²) in [5.41, 5.74) is 4.59. The van der Waals surface area contributed by atoms with Crippen LogP contribution in [0.15, 0.2) is 10.1 Å². The van der Waals surface area contributed by atoms with Crippen LogP contribution in [0, 0.1) is 4.91 Å². The van der Waals surface area contributed by atoms with Crippen molar-refractivity contribution < 1.29 is 10.2 Å². The van der Waals surface area contributed by atoms with Gasteiger partial charge < -0.3 is 21.3 Å². The largest absolute Gasteiger partial charge is 0.391 e. The minimum atomic E-state index is -1.25. The molecule has 0 unspecified atom stereocenters. The van der Waals surface area contributed by atoms with Crippen LogP contribution >= 0.6 is 0 Å². The molecule has 6 N–H and O–H groups in total. The van der Waals surface area contributed by atoms with Gasteiger partial charge in [0, 0.05) is 6.54 Å². The summed E-state index contributed by atoms with van der Waals surface area (Å²) in [6, 6.07) is -0.878. The third-order valence-corrected chi connectivity index (χ3v) is 2.91. The molecule has 10 heteroatoms. The van der Waals surface area contributed by atoms with Crippen LogP contribution in [0.25, 0.3) is 0 Å². The molecule has 19 heavy (non-hydrogen) atoms. The number of aromatic amines is 1. The van der Waals surface area contributed by atoms with Crippen LogP contribution in [0.2, 0.25) is 0 Å². The summed E-state index contributed by atoms with van der Waals surface area (Å²) in [5, 5.41) is 25.5. The van der Waals surface area contributed by atoms with Gasteiger partial charge in [0.05, 0.1) is 11.4 Å². The van der Waals surface area contributed by atoms with E-state index in [0.717, 1.165) is 5.01 Å². The van der Waals surface area contributed by atoms with Gasteiger partial charge in [0.2, 0.25) is 5.95 Å². The maximum absolute atomic E-state index is 11.8. The molecule has 1 aromatic rings. The quantitative estimate of drug-likeness (QED) is 0.410. The molecule has 0 amide bonds. The number of H-pyrrole nitrogens is 1. The van der Waals surface area contributed by atoms with E-state index in [0.29, 0.717) is 0 Å². The highest BCUT2D eigenvalue weighted by molar-refractivity contribution is 5.68. The van der Waals surface area contributed by atoms with E-state index in [1.807, 2.05) is 0 Å². The number of hydrogen-bond acceptors (Lipinski definition) is 8. The summed E-state index contributed by atoms with van der Waals surface area (Å²) in [4.78, 5) is 28.8. The molecule has 10 nitrogen and oxygen atoms in total. The Morgan fingerprint density at radius 3 is 2.84 bits per heavy atom. The van der Waals surface area contributed by atoms with Crippen LogP contribution in [0.1, 0.15) is 6.92 Å². The second-order valence-electron chi connectivity index (χ2n) is 4.25. The summed E-state index contributed by atoms with van der Waals surface area (Å²) in [6.45, 7) is 1.45. The Morgan fingerprint density at radius 2 is 2.26 bits per heavy atom. The zero-order valence-corrected chi connectivity index (χ0v) is 10.1. The molecule has 1 aliphatic rings. The van der Waals surface area contributed by atoms with Gasteiger partial charge in [-0.1, -0.05) is 0 Å². The number of rotatable bonds is 3. The number of hydrogen-bond donors (Lipinski definition) is 5. The molecule has 0 aliphatic carbocycles. The van der Waals surface area contributed by atoms with E-state index in [9.17, 15) is 19.9 Å². The summed E-state index contributed by atoms with van der Waals surface area (Å²) in [6.07, 6.45) is -2.34. The Bertz CT molecular complexity index is 544. The van der Waals surface area contributed by atoms with Crippen LogP contribution < -0.4 is 21.6 Å². The second-order valence-corrected chi connectivity index (χ2v) is 4.25. The van der Waals surface area contributed by atoms with Crippen molar-refractivity contribution in [3.05, 3.63) is 15.3 Å². The first-order chi connectivity index (χ1) is 8.95. The predicted octanol–water partition coefficient (Wildman–Crippen LogP) is -1.62. The summed E-state index contributed by atoms with van der Waals surface area (Å²) >= 11 is 0. The number of nitroso groups, excluding NO2 is 1. The van der Waals surface area contributed by atoms with Crippen molar-refractivity contribution >= 4 is 17.5 Å². The molecule has 2 rings (SSSR count). The Hall–Kier alpha value is -2.20. The van der Waals surface area contributed by atoms with Crippen molar-refractivity contribution in [2.45, 2.75) is 25.2 Å².